The Morgan fingerprint density at radius 1 is 0.357 bits per heavy atom. The Morgan fingerprint density at radius 3 is 0.595 bits per heavy atom. The van der Waals surface area contributed by atoms with E-state index in [1.165, 1.54) is 45.0 Å². The summed E-state index contributed by atoms with van der Waals surface area (Å²) in [6.45, 7) is 0. The van der Waals surface area contributed by atoms with E-state index in [-0.39, 0.29) is 3.21 Å². The van der Waals surface area contributed by atoms with Gasteiger partial charge in [0.2, 0.25) is 0 Å². The summed E-state index contributed by atoms with van der Waals surface area (Å²) in [5.74, 6) is 0. The van der Waals surface area contributed by atoms with Crippen LogP contribution in [0, 0.1) is 0 Å². The summed E-state index contributed by atoms with van der Waals surface area (Å²) in [4.78, 5) is 9.36. The summed E-state index contributed by atoms with van der Waals surface area (Å²) < 4.78 is 8.85. The van der Waals surface area contributed by atoms with Gasteiger partial charge in [0.25, 0.3) is 0 Å². The van der Waals surface area contributed by atoms with Gasteiger partial charge in [-0.05, 0) is 0 Å². The molecule has 0 unspecified atom stereocenters. The fraction of sp³-hybridized carbons (Fsp3) is 0. The van der Waals surface area contributed by atoms with Crippen LogP contribution in [0.4, 0.5) is 4.79 Å². The first-order chi connectivity index (χ1) is 20.6. The molecule has 0 aliphatic rings. The summed E-state index contributed by atoms with van der Waals surface area (Å²) in [5, 5.41) is 0. The summed E-state index contributed by atoms with van der Waals surface area (Å²) >= 11 is 1.30. The van der Waals surface area contributed by atoms with E-state index in [1.54, 1.807) is 0 Å². The van der Waals surface area contributed by atoms with E-state index >= 15 is 0 Å². The van der Waals surface area contributed by atoms with Crippen molar-refractivity contribution in [2.45, 2.75) is 0 Å². The second kappa shape index (κ2) is 18.0. The van der Waals surface area contributed by atoms with Crippen molar-refractivity contribution >= 4 is 74.5 Å². The molecule has 0 amide bonds. The predicted octanol–water partition coefficient (Wildman–Crippen LogP) is 5.45. The fourth-order valence-corrected chi connectivity index (χ4v) is 14.0. The monoisotopic (exact) mass is 912 g/mol. The third-order valence-electron chi connectivity index (χ3n) is 6.09. The molecule has 5 heteroatoms. The topological polar surface area (TPSA) is 17.1 Å². The van der Waals surface area contributed by atoms with Gasteiger partial charge in [0.05, 0.1) is 0 Å². The van der Waals surface area contributed by atoms with Crippen LogP contribution < -0.4 is 26.1 Å². The normalized spacial score (nSPS) is 10.2. The minimum absolute atomic E-state index is 0.0208. The average Bonchev–Trinajstić information content (AvgIpc) is 3.05. The molecule has 210 valence electrons. The predicted molar refractivity (Wildman–Crippen MR) is 182 cm³/mol. The number of hydrogen-bond acceptors (Lipinski definition) is 1. The zero-order chi connectivity index (χ0) is 29.4. The Hall–Kier alpha value is -2.76. The van der Waals surface area contributed by atoms with Crippen LogP contribution in [0.15, 0.2) is 182 Å². The molecule has 0 N–H and O–H groups in total. The van der Waals surface area contributed by atoms with Gasteiger partial charge in [0.1, 0.15) is 0 Å². The number of halogens is 1. The number of hydrogen-bond donors (Lipinski definition) is 0. The molecule has 0 aromatic heterocycles. The van der Waals surface area contributed by atoms with E-state index in [0.29, 0.717) is 0 Å². The van der Waals surface area contributed by atoms with Gasteiger partial charge in [-0.25, -0.2) is 0 Å². The first-order valence-corrected chi connectivity index (χ1v) is 21.0. The molecule has 1 nitrogen and oxygen atoms in total. The molecule has 6 aromatic carbocycles. The number of benzene rings is 6. The average molecular weight is 913 g/mol. The maximum atomic E-state index is 9.36. The van der Waals surface area contributed by atoms with Crippen molar-refractivity contribution in [2.24, 2.45) is 0 Å². The van der Waals surface area contributed by atoms with Crippen LogP contribution in [-0.2, 0) is 18.9 Å². The van der Waals surface area contributed by atoms with Crippen LogP contribution in [0.5, 0.6) is 0 Å². The number of rotatable bonds is 6. The van der Waals surface area contributed by atoms with Gasteiger partial charge in [-0.15, -0.1) is 0 Å². The molecule has 0 saturated heterocycles. The van der Waals surface area contributed by atoms with Crippen LogP contribution >= 0.6 is 15.9 Å². The van der Waals surface area contributed by atoms with E-state index in [0.717, 1.165) is 0 Å². The van der Waals surface area contributed by atoms with Crippen molar-refractivity contribution in [1.82, 2.24) is 0 Å². The molecule has 0 saturated carbocycles. The maximum absolute atomic E-state index is 9.36. The van der Waals surface area contributed by atoms with E-state index in [2.05, 4.69) is 198 Å². The van der Waals surface area contributed by atoms with Crippen molar-refractivity contribution < 1.29 is 23.7 Å². The molecule has 0 heterocycles. The van der Waals surface area contributed by atoms with Gasteiger partial charge in [0.15, 0.2) is 0 Å². The van der Waals surface area contributed by atoms with Crippen molar-refractivity contribution in [2.75, 3.05) is 0 Å². The van der Waals surface area contributed by atoms with Crippen molar-refractivity contribution in [1.29, 1.82) is 0 Å². The molecule has 6 aromatic rings. The summed E-state index contributed by atoms with van der Waals surface area (Å²) in [7, 11) is 0. The molecule has 0 spiro atoms. The van der Waals surface area contributed by atoms with E-state index < -0.39 is 29.3 Å². The third kappa shape index (κ3) is 10.2. The van der Waals surface area contributed by atoms with Crippen LogP contribution in [0.1, 0.15) is 0 Å². The fourth-order valence-electron chi connectivity index (χ4n) is 4.36. The van der Waals surface area contributed by atoms with Crippen LogP contribution in [0.3, 0.4) is 0 Å². The first kappa shape index (κ1) is 32.2. The van der Waals surface area contributed by atoms with Gasteiger partial charge in [-0.3, -0.25) is 0 Å². The quantitative estimate of drug-likeness (QED) is 0.161. The molecule has 0 fully saturated rings. The summed E-state index contributed by atoms with van der Waals surface area (Å²) in [6.07, 6.45) is 0. The van der Waals surface area contributed by atoms with Gasteiger partial charge < -0.3 is 0 Å². The molecule has 0 aliphatic carbocycles. The van der Waals surface area contributed by atoms with Crippen molar-refractivity contribution in [3.63, 3.8) is 0 Å². The van der Waals surface area contributed by atoms with Gasteiger partial charge >= 0.3 is 280 Å². The molecule has 0 radical (unpaired) electrons. The van der Waals surface area contributed by atoms with E-state index in [1.807, 2.05) is 0 Å². The second-order valence-corrected chi connectivity index (χ2v) is 21.6. The van der Waals surface area contributed by atoms with Crippen LogP contribution in [0.25, 0.3) is 0 Å². The SMILES string of the molecule is O=[C](Br)[Ir].c1ccc([As](c2ccccc2)c2ccccc2)cc1.c1ccc([As](c2ccccc2)c2ccccc2)cc1. The van der Waals surface area contributed by atoms with E-state index in [4.69, 9.17) is 0 Å². The van der Waals surface area contributed by atoms with Gasteiger partial charge in [0, 0.05) is 0 Å². The van der Waals surface area contributed by atoms with Crippen LogP contribution in [-0.4, -0.2) is 32.5 Å². The third-order valence-corrected chi connectivity index (χ3v) is 16.3. The molecule has 0 atom stereocenters. The number of carbonyl (C=O) groups is 1. The van der Waals surface area contributed by atoms with Crippen LogP contribution in [0.2, 0.25) is 0 Å². The standard InChI is InChI=1S/2C18H15As.CBrO.Ir/c2*1-4-10-16(11-5-1)19(17-12-6-2-7-13-17)18-14-8-3-9-15-18;2-1-3;/h2*1-15H;;. The molecular weight excluding hydrogens is 882 g/mol. The zero-order valence-electron chi connectivity index (χ0n) is 22.8. The summed E-state index contributed by atoms with van der Waals surface area (Å²) in [6, 6.07) is 65.4. The molecule has 42 heavy (non-hydrogen) atoms. The second-order valence-electron chi connectivity index (χ2n) is 8.89. The Balaban J connectivity index is 0.000000171. The Bertz CT molecular complexity index is 1280. The van der Waals surface area contributed by atoms with Crippen molar-refractivity contribution in [3.05, 3.63) is 182 Å². The Morgan fingerprint density at radius 2 is 0.476 bits per heavy atom. The Kier molecular flexibility index (Phi) is 13.8. The summed E-state index contributed by atoms with van der Waals surface area (Å²) in [5.41, 5.74) is 0. The number of carbonyl (C=O) groups excluding carboxylic acids is 1. The zero-order valence-corrected chi connectivity index (χ0v) is 30.6. The van der Waals surface area contributed by atoms with Gasteiger partial charge in [-0.1, -0.05) is 0 Å². The van der Waals surface area contributed by atoms with Crippen molar-refractivity contribution in [3.8, 4) is 0 Å². The minimum atomic E-state index is -1.39. The first-order valence-electron chi connectivity index (χ1n) is 13.4. The molecule has 0 aliphatic heterocycles. The Labute approximate surface area is 277 Å². The molecule has 0 bridgehead atoms. The van der Waals surface area contributed by atoms with Gasteiger partial charge in [-0.2, -0.15) is 0 Å². The molecular formula is C37H30As2BrIrO. The van der Waals surface area contributed by atoms with E-state index in [9.17, 15) is 4.79 Å². The molecule has 6 rings (SSSR count).